The van der Waals surface area contributed by atoms with Gasteiger partial charge in [-0.15, -0.1) is 11.3 Å². The summed E-state index contributed by atoms with van der Waals surface area (Å²) in [5.74, 6) is 0.539. The van der Waals surface area contributed by atoms with Crippen molar-refractivity contribution in [3.8, 4) is 0 Å². The molecule has 106 valence electrons. The number of rotatable bonds is 4. The van der Waals surface area contributed by atoms with Crippen molar-refractivity contribution in [1.29, 1.82) is 0 Å². The van der Waals surface area contributed by atoms with Gasteiger partial charge in [-0.1, -0.05) is 27.7 Å². The predicted molar refractivity (Wildman–Crippen MR) is 81.7 cm³/mol. The van der Waals surface area contributed by atoms with E-state index >= 15 is 0 Å². The van der Waals surface area contributed by atoms with Gasteiger partial charge < -0.3 is 5.32 Å². The first kappa shape index (κ1) is 13.6. The summed E-state index contributed by atoms with van der Waals surface area (Å²) in [7, 11) is 0. The van der Waals surface area contributed by atoms with Gasteiger partial charge in [0, 0.05) is 11.4 Å². The van der Waals surface area contributed by atoms with Crippen molar-refractivity contribution in [2.45, 2.75) is 77.3 Å². The Morgan fingerprint density at radius 2 is 2.05 bits per heavy atom. The van der Waals surface area contributed by atoms with Gasteiger partial charge in [-0.3, -0.25) is 0 Å². The molecule has 2 aliphatic carbocycles. The van der Waals surface area contributed by atoms with Crippen molar-refractivity contribution in [2.24, 2.45) is 5.41 Å². The molecule has 3 rings (SSSR count). The second-order valence-electron chi connectivity index (χ2n) is 7.57. The van der Waals surface area contributed by atoms with Crippen LogP contribution in [0.1, 0.15) is 76.4 Å². The van der Waals surface area contributed by atoms with E-state index in [1.807, 2.05) is 11.3 Å². The Morgan fingerprint density at radius 1 is 1.32 bits per heavy atom. The molecule has 2 saturated carbocycles. The van der Waals surface area contributed by atoms with Crippen LogP contribution in [0, 0.1) is 5.41 Å². The summed E-state index contributed by atoms with van der Waals surface area (Å²) < 4.78 is 0. The van der Waals surface area contributed by atoms with Gasteiger partial charge in [0.2, 0.25) is 0 Å². The lowest BCUT2D eigenvalue weighted by molar-refractivity contribution is 0.285. The number of hydrogen-bond acceptors (Lipinski definition) is 3. The average Bonchev–Trinajstić information content (AvgIpc) is 2.88. The summed E-state index contributed by atoms with van der Waals surface area (Å²) in [4.78, 5) is 4.97. The zero-order valence-corrected chi connectivity index (χ0v) is 13.4. The van der Waals surface area contributed by atoms with E-state index in [4.69, 9.17) is 4.98 Å². The highest BCUT2D eigenvalue weighted by Gasteiger charge is 2.48. The maximum Gasteiger partial charge on any atom is 0.113 e. The molecule has 0 spiro atoms. The molecule has 1 N–H and O–H groups in total. The quantitative estimate of drug-likeness (QED) is 0.881. The minimum Gasteiger partial charge on any atom is -0.303 e. The molecule has 2 nitrogen and oxygen atoms in total. The van der Waals surface area contributed by atoms with Crippen molar-refractivity contribution in [2.75, 3.05) is 0 Å². The van der Waals surface area contributed by atoms with E-state index in [1.165, 1.54) is 42.8 Å². The molecule has 0 amide bonds. The van der Waals surface area contributed by atoms with E-state index < -0.39 is 0 Å². The molecule has 2 fully saturated rings. The summed E-state index contributed by atoms with van der Waals surface area (Å²) in [6.45, 7) is 9.28. The van der Waals surface area contributed by atoms with Crippen LogP contribution in [0.25, 0.3) is 0 Å². The summed E-state index contributed by atoms with van der Waals surface area (Å²) >= 11 is 1.87. The van der Waals surface area contributed by atoms with Crippen molar-refractivity contribution < 1.29 is 0 Å². The van der Waals surface area contributed by atoms with E-state index in [0.29, 0.717) is 11.3 Å². The Balaban J connectivity index is 1.89. The second kappa shape index (κ2) is 4.56. The Bertz CT molecular complexity index is 459. The van der Waals surface area contributed by atoms with Gasteiger partial charge in [0.15, 0.2) is 0 Å². The third-order valence-corrected chi connectivity index (χ3v) is 5.65. The van der Waals surface area contributed by atoms with Crippen LogP contribution in [-0.2, 0) is 5.54 Å². The van der Waals surface area contributed by atoms with E-state index in [9.17, 15) is 0 Å². The van der Waals surface area contributed by atoms with Crippen molar-refractivity contribution in [3.63, 3.8) is 0 Å². The molecular formula is C16H26N2S. The van der Waals surface area contributed by atoms with E-state index in [1.54, 1.807) is 0 Å². The van der Waals surface area contributed by atoms with Crippen LogP contribution < -0.4 is 5.32 Å². The smallest absolute Gasteiger partial charge is 0.113 e. The first-order valence-corrected chi connectivity index (χ1v) is 8.52. The number of nitrogens with zero attached hydrogens (tertiary/aromatic N) is 1. The molecule has 1 aromatic heterocycles. The van der Waals surface area contributed by atoms with Crippen LogP contribution in [0.2, 0.25) is 0 Å². The topological polar surface area (TPSA) is 24.9 Å². The third-order valence-electron chi connectivity index (χ3n) is 4.59. The first-order valence-electron chi connectivity index (χ1n) is 7.64. The Kier molecular flexibility index (Phi) is 3.25. The van der Waals surface area contributed by atoms with Crippen molar-refractivity contribution >= 4 is 11.3 Å². The van der Waals surface area contributed by atoms with Crippen LogP contribution in [0.3, 0.4) is 0 Å². The van der Waals surface area contributed by atoms with E-state index in [0.717, 1.165) is 6.04 Å². The van der Waals surface area contributed by atoms with Crippen LogP contribution >= 0.6 is 11.3 Å². The van der Waals surface area contributed by atoms with Gasteiger partial charge in [-0.2, -0.15) is 0 Å². The largest absolute Gasteiger partial charge is 0.303 e. The lowest BCUT2D eigenvalue weighted by atomic mass is 9.88. The van der Waals surface area contributed by atoms with Gasteiger partial charge in [0.1, 0.15) is 5.01 Å². The summed E-state index contributed by atoms with van der Waals surface area (Å²) in [5.41, 5.74) is 1.88. The molecule has 0 saturated heterocycles. The second-order valence-corrected chi connectivity index (χ2v) is 8.43. The first-order chi connectivity index (χ1) is 8.90. The molecule has 1 unspecified atom stereocenters. The highest BCUT2D eigenvalue weighted by atomic mass is 32.1. The number of aromatic nitrogens is 1. The fourth-order valence-corrected chi connectivity index (χ4v) is 4.48. The molecule has 1 aromatic rings. The van der Waals surface area contributed by atoms with Crippen LogP contribution in [0.4, 0.5) is 0 Å². The Labute approximate surface area is 121 Å². The molecule has 19 heavy (non-hydrogen) atoms. The molecule has 1 atom stereocenters. The van der Waals surface area contributed by atoms with Crippen molar-refractivity contribution in [1.82, 2.24) is 10.3 Å². The average molecular weight is 278 g/mol. The normalized spacial score (nSPS) is 30.2. The summed E-state index contributed by atoms with van der Waals surface area (Å²) in [5, 5.41) is 7.55. The zero-order valence-electron chi connectivity index (χ0n) is 12.6. The zero-order chi connectivity index (χ0) is 13.7. The third kappa shape index (κ3) is 2.73. The Morgan fingerprint density at radius 3 is 2.53 bits per heavy atom. The molecule has 0 aliphatic heterocycles. The summed E-state index contributed by atoms with van der Waals surface area (Å²) in [6, 6.07) is 0.750. The lowest BCUT2D eigenvalue weighted by Crippen LogP contribution is -2.42. The highest BCUT2D eigenvalue weighted by molar-refractivity contribution is 7.09. The molecule has 0 aromatic carbocycles. The number of hydrogen-bond donors (Lipinski definition) is 1. The van der Waals surface area contributed by atoms with Gasteiger partial charge in [0.25, 0.3) is 0 Å². The van der Waals surface area contributed by atoms with Crippen molar-refractivity contribution in [3.05, 3.63) is 16.1 Å². The molecule has 1 heterocycles. The molecular weight excluding hydrogens is 252 g/mol. The standard InChI is InChI=1S/C16H26N2S/c1-11(2)13-9-19-14(17-13)16(18-12-5-6-12)8-7-15(3,4)10-16/h9,11-12,18H,5-8,10H2,1-4H3. The highest BCUT2D eigenvalue weighted by Crippen LogP contribution is 2.51. The van der Waals surface area contributed by atoms with E-state index in [-0.39, 0.29) is 5.54 Å². The van der Waals surface area contributed by atoms with Crippen LogP contribution in [0.5, 0.6) is 0 Å². The SMILES string of the molecule is CC(C)c1csc(C2(NC3CC3)CCC(C)(C)C2)n1. The fourth-order valence-electron chi connectivity index (χ4n) is 3.30. The maximum atomic E-state index is 4.97. The molecule has 0 bridgehead atoms. The molecule has 0 radical (unpaired) electrons. The Hall–Kier alpha value is -0.410. The number of thiazole rings is 1. The van der Waals surface area contributed by atoms with Gasteiger partial charge in [-0.05, 0) is 43.4 Å². The minimum absolute atomic E-state index is 0.169. The summed E-state index contributed by atoms with van der Waals surface area (Å²) in [6.07, 6.45) is 6.50. The molecule has 2 aliphatic rings. The van der Waals surface area contributed by atoms with Gasteiger partial charge in [0.05, 0.1) is 11.2 Å². The van der Waals surface area contributed by atoms with Crippen LogP contribution in [0.15, 0.2) is 5.38 Å². The van der Waals surface area contributed by atoms with Crippen LogP contribution in [-0.4, -0.2) is 11.0 Å². The maximum absolute atomic E-state index is 4.97. The van der Waals surface area contributed by atoms with E-state index in [2.05, 4.69) is 38.4 Å². The lowest BCUT2D eigenvalue weighted by Gasteiger charge is -2.30. The number of nitrogens with one attached hydrogen (secondary N) is 1. The molecule has 3 heteroatoms. The van der Waals surface area contributed by atoms with Gasteiger partial charge in [-0.25, -0.2) is 4.98 Å². The fraction of sp³-hybridized carbons (Fsp3) is 0.812. The minimum atomic E-state index is 0.169. The monoisotopic (exact) mass is 278 g/mol. The van der Waals surface area contributed by atoms with Gasteiger partial charge >= 0.3 is 0 Å². The predicted octanol–water partition coefficient (Wildman–Crippen LogP) is 4.42.